The van der Waals surface area contributed by atoms with E-state index in [4.69, 9.17) is 11.6 Å². The molecule has 78 valence electrons. The molecule has 0 aliphatic carbocycles. The molecule has 3 rings (SSSR count). The second-order valence-corrected chi connectivity index (χ2v) is 3.99. The maximum atomic E-state index is 6.13. The van der Waals surface area contributed by atoms with E-state index >= 15 is 0 Å². The lowest BCUT2D eigenvalue weighted by Crippen LogP contribution is -1.94. The van der Waals surface area contributed by atoms with Gasteiger partial charge in [0.05, 0.1) is 16.2 Å². The smallest absolute Gasteiger partial charge is 0.0927 e. The monoisotopic (exact) mass is 228 g/mol. The molecule has 2 nitrogen and oxygen atoms in total. The molecule has 0 spiro atoms. The molecule has 0 N–H and O–H groups in total. The molecule has 0 aliphatic heterocycles. The van der Waals surface area contributed by atoms with Crippen molar-refractivity contribution < 1.29 is 0 Å². The van der Waals surface area contributed by atoms with Crippen LogP contribution < -0.4 is 0 Å². The summed E-state index contributed by atoms with van der Waals surface area (Å²) in [6.07, 6.45) is 1.98. The van der Waals surface area contributed by atoms with Gasteiger partial charge >= 0.3 is 0 Å². The molecule has 3 aromatic rings. The SMILES string of the molecule is Clc1ccccc1-n1cc2ccccc2n1. The molecule has 1 aromatic heterocycles. The first-order chi connectivity index (χ1) is 7.84. The Labute approximate surface area is 98.1 Å². The first kappa shape index (κ1) is 9.43. The van der Waals surface area contributed by atoms with Crippen molar-refractivity contribution in [2.75, 3.05) is 0 Å². The van der Waals surface area contributed by atoms with Crippen LogP contribution in [0.15, 0.2) is 54.7 Å². The van der Waals surface area contributed by atoms with E-state index in [9.17, 15) is 0 Å². The number of fused-ring (bicyclic) bond motifs is 1. The number of hydrogen-bond donors (Lipinski definition) is 0. The molecule has 2 aromatic carbocycles. The molecular formula is C13H9ClN2. The van der Waals surface area contributed by atoms with Gasteiger partial charge < -0.3 is 0 Å². The van der Waals surface area contributed by atoms with E-state index in [-0.39, 0.29) is 0 Å². The van der Waals surface area contributed by atoms with E-state index < -0.39 is 0 Å². The largest absolute Gasteiger partial charge is 0.238 e. The first-order valence-corrected chi connectivity index (χ1v) is 5.42. The summed E-state index contributed by atoms with van der Waals surface area (Å²) in [4.78, 5) is 0. The molecule has 0 bridgehead atoms. The minimum Gasteiger partial charge on any atom is -0.238 e. The highest BCUT2D eigenvalue weighted by Crippen LogP contribution is 2.21. The van der Waals surface area contributed by atoms with E-state index in [1.54, 1.807) is 0 Å². The minimum atomic E-state index is 0.704. The van der Waals surface area contributed by atoms with Crippen molar-refractivity contribution in [1.82, 2.24) is 9.78 Å². The Morgan fingerprint density at radius 3 is 2.50 bits per heavy atom. The van der Waals surface area contributed by atoms with Crippen LogP contribution in [-0.2, 0) is 0 Å². The minimum absolute atomic E-state index is 0.704. The van der Waals surface area contributed by atoms with Crippen molar-refractivity contribution >= 4 is 22.5 Å². The van der Waals surface area contributed by atoms with Gasteiger partial charge in [0, 0.05) is 11.6 Å². The standard InChI is InChI=1S/C13H9ClN2/c14-11-6-2-4-8-13(11)16-9-10-5-1-3-7-12(10)15-16/h1-9H. The third kappa shape index (κ3) is 1.48. The molecule has 0 fully saturated rings. The zero-order chi connectivity index (χ0) is 11.0. The second kappa shape index (κ2) is 3.65. The molecule has 3 heteroatoms. The van der Waals surface area contributed by atoms with Gasteiger partial charge in [-0.25, -0.2) is 4.68 Å². The van der Waals surface area contributed by atoms with E-state index in [0.29, 0.717) is 5.02 Å². The number of rotatable bonds is 1. The number of benzene rings is 2. The van der Waals surface area contributed by atoms with Crippen molar-refractivity contribution in [2.24, 2.45) is 0 Å². The lowest BCUT2D eigenvalue weighted by Gasteiger charge is -2.02. The summed E-state index contributed by atoms with van der Waals surface area (Å²) in [6, 6.07) is 15.7. The van der Waals surface area contributed by atoms with Gasteiger partial charge in [-0.05, 0) is 18.2 Å². The van der Waals surface area contributed by atoms with E-state index in [1.807, 2.05) is 59.4 Å². The Balaban J connectivity index is 2.23. The fourth-order valence-corrected chi connectivity index (χ4v) is 1.95. The fraction of sp³-hybridized carbons (Fsp3) is 0. The van der Waals surface area contributed by atoms with Crippen LogP contribution in [0.2, 0.25) is 5.02 Å². The topological polar surface area (TPSA) is 17.8 Å². The Morgan fingerprint density at radius 1 is 0.938 bits per heavy atom. The average Bonchev–Trinajstić information content (AvgIpc) is 2.73. The third-order valence-electron chi connectivity index (χ3n) is 2.51. The van der Waals surface area contributed by atoms with Crippen LogP contribution in [0.3, 0.4) is 0 Å². The quantitative estimate of drug-likeness (QED) is 0.621. The summed E-state index contributed by atoms with van der Waals surface area (Å²) in [5, 5.41) is 6.29. The van der Waals surface area contributed by atoms with Gasteiger partial charge in [-0.1, -0.05) is 41.9 Å². The molecule has 0 saturated carbocycles. The molecule has 0 amide bonds. The molecular weight excluding hydrogens is 220 g/mol. The highest BCUT2D eigenvalue weighted by molar-refractivity contribution is 6.32. The number of nitrogens with zero attached hydrogens (tertiary/aromatic N) is 2. The number of aromatic nitrogens is 2. The van der Waals surface area contributed by atoms with Gasteiger partial charge in [0.2, 0.25) is 0 Å². The predicted molar refractivity (Wildman–Crippen MR) is 66.1 cm³/mol. The van der Waals surface area contributed by atoms with Crippen LogP contribution in [0.5, 0.6) is 0 Å². The lowest BCUT2D eigenvalue weighted by atomic mass is 10.3. The number of hydrogen-bond acceptors (Lipinski definition) is 1. The van der Waals surface area contributed by atoms with Crippen LogP contribution in [0, 0.1) is 0 Å². The summed E-state index contributed by atoms with van der Waals surface area (Å²) >= 11 is 6.13. The summed E-state index contributed by atoms with van der Waals surface area (Å²) in [7, 11) is 0. The van der Waals surface area contributed by atoms with Gasteiger partial charge in [0.1, 0.15) is 0 Å². The Hall–Kier alpha value is -1.80. The molecule has 0 aliphatic rings. The maximum absolute atomic E-state index is 6.13. The zero-order valence-corrected chi connectivity index (χ0v) is 9.22. The molecule has 0 atom stereocenters. The lowest BCUT2D eigenvalue weighted by molar-refractivity contribution is 0.897. The maximum Gasteiger partial charge on any atom is 0.0927 e. The fourth-order valence-electron chi connectivity index (χ4n) is 1.73. The summed E-state index contributed by atoms with van der Waals surface area (Å²) < 4.78 is 1.81. The summed E-state index contributed by atoms with van der Waals surface area (Å²) in [5.74, 6) is 0. The van der Waals surface area contributed by atoms with Crippen LogP contribution in [0.25, 0.3) is 16.6 Å². The Bertz CT molecular complexity index is 610. The van der Waals surface area contributed by atoms with Crippen LogP contribution in [0.1, 0.15) is 0 Å². The molecule has 0 radical (unpaired) electrons. The average molecular weight is 229 g/mol. The van der Waals surface area contributed by atoms with Gasteiger partial charge in [0.25, 0.3) is 0 Å². The van der Waals surface area contributed by atoms with Crippen molar-refractivity contribution in [3.05, 3.63) is 59.8 Å². The van der Waals surface area contributed by atoms with Gasteiger partial charge in [-0.15, -0.1) is 0 Å². The summed E-state index contributed by atoms with van der Waals surface area (Å²) in [6.45, 7) is 0. The molecule has 1 heterocycles. The van der Waals surface area contributed by atoms with Crippen LogP contribution in [0.4, 0.5) is 0 Å². The molecule has 16 heavy (non-hydrogen) atoms. The number of para-hydroxylation sites is 1. The van der Waals surface area contributed by atoms with Crippen molar-refractivity contribution in [3.8, 4) is 5.69 Å². The van der Waals surface area contributed by atoms with Crippen molar-refractivity contribution in [2.45, 2.75) is 0 Å². The second-order valence-electron chi connectivity index (χ2n) is 3.58. The van der Waals surface area contributed by atoms with Crippen LogP contribution in [-0.4, -0.2) is 9.78 Å². The summed E-state index contributed by atoms with van der Waals surface area (Å²) in [5.41, 5.74) is 1.88. The molecule has 0 unspecified atom stereocenters. The van der Waals surface area contributed by atoms with Gasteiger partial charge in [-0.3, -0.25) is 0 Å². The van der Waals surface area contributed by atoms with Gasteiger partial charge in [-0.2, -0.15) is 5.10 Å². The Morgan fingerprint density at radius 2 is 1.69 bits per heavy atom. The predicted octanol–water partition coefficient (Wildman–Crippen LogP) is 3.68. The highest BCUT2D eigenvalue weighted by Gasteiger charge is 2.04. The van der Waals surface area contributed by atoms with Crippen LogP contribution >= 0.6 is 11.6 Å². The van der Waals surface area contributed by atoms with Gasteiger partial charge in [0.15, 0.2) is 0 Å². The highest BCUT2D eigenvalue weighted by atomic mass is 35.5. The third-order valence-corrected chi connectivity index (χ3v) is 2.83. The van der Waals surface area contributed by atoms with Crippen molar-refractivity contribution in [3.63, 3.8) is 0 Å². The molecule has 0 saturated heterocycles. The van der Waals surface area contributed by atoms with E-state index in [0.717, 1.165) is 16.6 Å². The number of halogens is 1. The first-order valence-electron chi connectivity index (χ1n) is 5.04. The normalized spacial score (nSPS) is 10.8. The zero-order valence-electron chi connectivity index (χ0n) is 8.47. The van der Waals surface area contributed by atoms with E-state index in [1.165, 1.54) is 0 Å². The Kier molecular flexibility index (Phi) is 2.15. The van der Waals surface area contributed by atoms with Crippen molar-refractivity contribution in [1.29, 1.82) is 0 Å². The van der Waals surface area contributed by atoms with E-state index in [2.05, 4.69) is 5.10 Å².